The van der Waals surface area contributed by atoms with Crippen molar-refractivity contribution in [1.29, 1.82) is 0 Å². The largest absolute Gasteiger partial charge is 0.0843 e. The molecular weight excluding hydrogens is 180 g/mol. The monoisotopic (exact) mass is 194 g/mol. The zero-order valence-corrected chi connectivity index (χ0v) is 8.56. The molecule has 0 atom stereocenters. The molecule has 0 unspecified atom stereocenters. The molecule has 0 N–H and O–H groups in total. The number of halogens is 1. The Bertz CT molecular complexity index is 276. The fraction of sp³-hybridized carbons (Fsp3) is 0.500. The lowest BCUT2D eigenvalue weighted by atomic mass is 10.1. The number of hydrogen-bond acceptors (Lipinski definition) is 0. The van der Waals surface area contributed by atoms with Crippen LogP contribution in [0.5, 0.6) is 0 Å². The summed E-state index contributed by atoms with van der Waals surface area (Å²) in [5, 5.41) is 0.865. The first-order valence-corrected chi connectivity index (χ1v) is 5.47. The molecule has 0 heterocycles. The molecule has 0 saturated heterocycles. The van der Waals surface area contributed by atoms with E-state index in [2.05, 4.69) is 12.1 Å². The normalized spacial score (nSPS) is 16.1. The minimum absolute atomic E-state index is 0.865. The average molecular weight is 195 g/mol. The summed E-state index contributed by atoms with van der Waals surface area (Å²) in [7, 11) is 0. The number of hydrogen-bond donors (Lipinski definition) is 0. The molecule has 1 aromatic carbocycles. The third-order valence-electron chi connectivity index (χ3n) is 2.66. The third-order valence-corrected chi connectivity index (χ3v) is 2.90. The molecule has 1 aliphatic carbocycles. The summed E-state index contributed by atoms with van der Waals surface area (Å²) < 4.78 is 0. The van der Waals surface area contributed by atoms with E-state index in [1.807, 2.05) is 12.1 Å². The Kier molecular flexibility index (Phi) is 2.90. The van der Waals surface area contributed by atoms with Crippen LogP contribution < -0.4 is 0 Å². The van der Waals surface area contributed by atoms with E-state index in [0.29, 0.717) is 0 Å². The van der Waals surface area contributed by atoms with Gasteiger partial charge in [0.05, 0.1) is 0 Å². The molecule has 13 heavy (non-hydrogen) atoms. The number of aryl methyl sites for hydroxylation is 1. The summed E-state index contributed by atoms with van der Waals surface area (Å²) in [5.74, 6) is 1.05. The summed E-state index contributed by atoms with van der Waals surface area (Å²) in [6.07, 6.45) is 6.86. The lowest BCUT2D eigenvalue weighted by Gasteiger charge is -2.00. The van der Waals surface area contributed by atoms with Gasteiger partial charge in [0.15, 0.2) is 0 Å². The summed E-state index contributed by atoms with van der Waals surface area (Å²) in [6.45, 7) is 0. The maximum Gasteiger partial charge on any atom is 0.0408 e. The molecule has 2 rings (SSSR count). The first-order valence-electron chi connectivity index (χ1n) is 5.09. The van der Waals surface area contributed by atoms with Crippen LogP contribution in [0.4, 0.5) is 0 Å². The highest BCUT2D eigenvalue weighted by Crippen LogP contribution is 2.33. The van der Waals surface area contributed by atoms with Gasteiger partial charge in [-0.1, -0.05) is 43.0 Å². The van der Waals surface area contributed by atoms with Crippen LogP contribution in [-0.4, -0.2) is 0 Å². The van der Waals surface area contributed by atoms with Crippen molar-refractivity contribution in [3.8, 4) is 0 Å². The zero-order valence-electron chi connectivity index (χ0n) is 7.80. The smallest absolute Gasteiger partial charge is 0.0408 e. The maximum atomic E-state index is 5.90. The average Bonchev–Trinajstić information content (AvgIpc) is 2.88. The van der Waals surface area contributed by atoms with Crippen molar-refractivity contribution in [1.82, 2.24) is 0 Å². The summed E-state index contributed by atoms with van der Waals surface area (Å²) in [4.78, 5) is 0. The molecule has 1 aromatic rings. The minimum Gasteiger partial charge on any atom is -0.0843 e. The number of benzene rings is 1. The molecule has 0 spiro atoms. The molecule has 0 radical (unpaired) electrons. The van der Waals surface area contributed by atoms with Crippen LogP contribution in [0, 0.1) is 5.92 Å². The summed E-state index contributed by atoms with van der Waals surface area (Å²) in [6, 6.07) is 8.22. The molecule has 1 saturated carbocycles. The van der Waals surface area contributed by atoms with E-state index in [-0.39, 0.29) is 0 Å². The zero-order chi connectivity index (χ0) is 9.10. The van der Waals surface area contributed by atoms with Crippen LogP contribution in [0.25, 0.3) is 0 Å². The minimum atomic E-state index is 0.865. The van der Waals surface area contributed by atoms with Gasteiger partial charge >= 0.3 is 0 Å². The van der Waals surface area contributed by atoms with Gasteiger partial charge in [-0.05, 0) is 36.5 Å². The van der Waals surface area contributed by atoms with E-state index < -0.39 is 0 Å². The van der Waals surface area contributed by atoms with Crippen LogP contribution >= 0.6 is 11.6 Å². The highest BCUT2D eigenvalue weighted by Gasteiger charge is 2.19. The SMILES string of the molecule is Clc1cccc(CCCC2CC2)c1. The van der Waals surface area contributed by atoms with Crippen molar-refractivity contribution in [3.05, 3.63) is 34.9 Å². The van der Waals surface area contributed by atoms with Gasteiger partial charge in [-0.3, -0.25) is 0 Å². The lowest BCUT2D eigenvalue weighted by Crippen LogP contribution is -1.86. The van der Waals surface area contributed by atoms with Gasteiger partial charge in [0, 0.05) is 5.02 Å². The van der Waals surface area contributed by atoms with Crippen molar-refractivity contribution in [3.63, 3.8) is 0 Å². The Balaban J connectivity index is 1.79. The Morgan fingerprint density at radius 1 is 1.31 bits per heavy atom. The van der Waals surface area contributed by atoms with Crippen molar-refractivity contribution in [2.75, 3.05) is 0 Å². The molecule has 0 aromatic heterocycles. The first kappa shape index (κ1) is 9.08. The highest BCUT2D eigenvalue weighted by atomic mass is 35.5. The van der Waals surface area contributed by atoms with E-state index in [9.17, 15) is 0 Å². The molecule has 0 bridgehead atoms. The molecule has 1 aliphatic rings. The van der Waals surface area contributed by atoms with Crippen LogP contribution in [0.2, 0.25) is 5.02 Å². The van der Waals surface area contributed by atoms with E-state index in [4.69, 9.17) is 11.6 Å². The first-order chi connectivity index (χ1) is 6.34. The van der Waals surface area contributed by atoms with Crippen molar-refractivity contribution in [2.24, 2.45) is 5.92 Å². The van der Waals surface area contributed by atoms with Crippen LogP contribution in [0.3, 0.4) is 0 Å². The van der Waals surface area contributed by atoms with E-state index in [0.717, 1.165) is 10.9 Å². The second kappa shape index (κ2) is 4.15. The fourth-order valence-electron chi connectivity index (χ4n) is 1.69. The molecule has 1 fully saturated rings. The van der Waals surface area contributed by atoms with Crippen molar-refractivity contribution in [2.45, 2.75) is 32.1 Å². The molecule has 70 valence electrons. The molecule has 0 amide bonds. The van der Waals surface area contributed by atoms with Gasteiger partial charge in [-0.15, -0.1) is 0 Å². The number of rotatable bonds is 4. The van der Waals surface area contributed by atoms with Crippen LogP contribution in [0.1, 0.15) is 31.2 Å². The van der Waals surface area contributed by atoms with E-state index in [1.165, 1.54) is 37.7 Å². The molecule has 0 aliphatic heterocycles. The van der Waals surface area contributed by atoms with E-state index in [1.54, 1.807) is 0 Å². The van der Waals surface area contributed by atoms with Gasteiger partial charge < -0.3 is 0 Å². The van der Waals surface area contributed by atoms with Crippen molar-refractivity contribution < 1.29 is 0 Å². The van der Waals surface area contributed by atoms with Crippen molar-refractivity contribution >= 4 is 11.6 Å². The Labute approximate surface area is 84.9 Å². The van der Waals surface area contributed by atoms with Gasteiger partial charge in [0.2, 0.25) is 0 Å². The Hall–Kier alpha value is -0.490. The summed E-state index contributed by atoms with van der Waals surface area (Å²) in [5.41, 5.74) is 1.38. The topological polar surface area (TPSA) is 0 Å². The maximum absolute atomic E-state index is 5.90. The molecule has 1 heteroatoms. The van der Waals surface area contributed by atoms with Crippen LogP contribution in [0.15, 0.2) is 24.3 Å². The second-order valence-corrected chi connectivity index (χ2v) is 4.40. The van der Waals surface area contributed by atoms with Gasteiger partial charge in [0.1, 0.15) is 0 Å². The van der Waals surface area contributed by atoms with Crippen LogP contribution in [-0.2, 0) is 6.42 Å². The quantitative estimate of drug-likeness (QED) is 0.678. The standard InChI is InChI=1S/C12H15Cl/c13-12-6-2-5-11(9-12)4-1-3-10-7-8-10/h2,5-6,9-10H,1,3-4,7-8H2. The Morgan fingerprint density at radius 2 is 2.15 bits per heavy atom. The molecular formula is C12H15Cl. The fourth-order valence-corrected chi connectivity index (χ4v) is 1.91. The predicted octanol–water partition coefficient (Wildman–Crippen LogP) is 4.07. The third kappa shape index (κ3) is 3.04. The van der Waals surface area contributed by atoms with Gasteiger partial charge in [-0.2, -0.15) is 0 Å². The second-order valence-electron chi connectivity index (χ2n) is 3.97. The lowest BCUT2D eigenvalue weighted by molar-refractivity contribution is 0.666. The molecule has 0 nitrogen and oxygen atoms in total. The summed E-state index contributed by atoms with van der Waals surface area (Å²) >= 11 is 5.90. The highest BCUT2D eigenvalue weighted by molar-refractivity contribution is 6.30. The van der Waals surface area contributed by atoms with E-state index >= 15 is 0 Å². The van der Waals surface area contributed by atoms with Gasteiger partial charge in [-0.25, -0.2) is 0 Å². The predicted molar refractivity (Wildman–Crippen MR) is 57.1 cm³/mol. The Morgan fingerprint density at radius 3 is 2.85 bits per heavy atom. The van der Waals surface area contributed by atoms with Gasteiger partial charge in [0.25, 0.3) is 0 Å².